The number of H-pyrrole nitrogens is 1. The van der Waals surface area contributed by atoms with Gasteiger partial charge in [0.15, 0.2) is 12.2 Å². The second-order valence-electron chi connectivity index (χ2n) is 7.77. The van der Waals surface area contributed by atoms with E-state index in [1.165, 1.54) is 9.58 Å². The van der Waals surface area contributed by atoms with Gasteiger partial charge in [0, 0.05) is 10.2 Å². The Bertz CT molecular complexity index is 1310. The quantitative estimate of drug-likeness (QED) is 0.321. The van der Waals surface area contributed by atoms with Crippen LogP contribution in [-0.4, -0.2) is 39.7 Å². The number of ether oxygens (including phenoxy) is 1. The van der Waals surface area contributed by atoms with E-state index in [4.69, 9.17) is 21.5 Å². The Kier molecular flexibility index (Phi) is 7.31. The van der Waals surface area contributed by atoms with Crippen LogP contribution in [-0.2, 0) is 23.2 Å². The largest absolute Gasteiger partial charge is 0.494 e. The van der Waals surface area contributed by atoms with E-state index >= 15 is 0 Å². The number of thiocarbonyl (C=S) groups is 1. The van der Waals surface area contributed by atoms with Crippen molar-refractivity contribution in [2.24, 2.45) is 7.05 Å². The molecule has 35 heavy (non-hydrogen) atoms. The maximum absolute atomic E-state index is 13.5. The van der Waals surface area contributed by atoms with Crippen LogP contribution in [0, 0.1) is 0 Å². The van der Waals surface area contributed by atoms with Gasteiger partial charge in [0.05, 0.1) is 18.7 Å². The molecule has 1 saturated heterocycles. The van der Waals surface area contributed by atoms with E-state index in [1.807, 2.05) is 6.92 Å². The molecule has 4 rings (SSSR count). The van der Waals surface area contributed by atoms with Crippen molar-refractivity contribution in [1.29, 1.82) is 0 Å². The molecule has 1 aliphatic rings. The second-order valence-corrected chi connectivity index (χ2v) is 9.05. The van der Waals surface area contributed by atoms with Gasteiger partial charge >= 0.3 is 11.3 Å². The fraction of sp³-hybridized carbons (Fsp3) is 0.261. The lowest BCUT2D eigenvalue weighted by molar-refractivity contribution is -0.746. The molecular formula is C23H23BrN5O5S+. The fourth-order valence-corrected chi connectivity index (χ4v) is 4.37. The number of hydrogen-bond donors (Lipinski definition) is 2. The Morgan fingerprint density at radius 1 is 1.20 bits per heavy atom. The Labute approximate surface area is 214 Å². The number of nitrogens with zero attached hydrogens (tertiary/aromatic N) is 3. The van der Waals surface area contributed by atoms with Crippen molar-refractivity contribution in [2.45, 2.75) is 25.9 Å². The van der Waals surface area contributed by atoms with Crippen molar-refractivity contribution in [3.8, 4) is 5.75 Å². The molecular weight excluding hydrogens is 538 g/mol. The van der Waals surface area contributed by atoms with Crippen LogP contribution in [0.5, 0.6) is 5.75 Å². The van der Waals surface area contributed by atoms with Crippen LogP contribution < -0.4 is 25.3 Å². The molecule has 1 atom stereocenters. The first kappa shape index (κ1) is 24.6. The van der Waals surface area contributed by atoms with Crippen LogP contribution >= 0.6 is 28.1 Å². The zero-order valence-electron chi connectivity index (χ0n) is 19.0. The zero-order valence-corrected chi connectivity index (χ0v) is 21.4. The molecule has 1 aromatic heterocycles. The molecule has 12 heteroatoms. The van der Waals surface area contributed by atoms with Gasteiger partial charge in [-0.05, 0) is 72.9 Å². The minimum Gasteiger partial charge on any atom is -0.494 e. The summed E-state index contributed by atoms with van der Waals surface area (Å²) in [4.78, 5) is 41.5. The molecule has 1 aliphatic heterocycles. The highest BCUT2D eigenvalue weighted by Gasteiger charge is 2.45. The number of hydrogen-bond acceptors (Lipinski definition) is 6. The lowest BCUT2D eigenvalue weighted by Gasteiger charge is -2.21. The Morgan fingerprint density at radius 3 is 2.49 bits per heavy atom. The highest BCUT2D eigenvalue weighted by atomic mass is 79.9. The van der Waals surface area contributed by atoms with E-state index in [2.05, 4.69) is 26.5 Å². The van der Waals surface area contributed by atoms with Crippen LogP contribution in [0.4, 0.5) is 11.4 Å². The topological polar surface area (TPSA) is 112 Å². The number of carbonyl (C=O) groups excluding carboxylic acids is 2. The normalized spacial score (nSPS) is 15.6. The summed E-state index contributed by atoms with van der Waals surface area (Å²) >= 11 is 9.01. The van der Waals surface area contributed by atoms with Gasteiger partial charge in [-0.1, -0.05) is 20.6 Å². The van der Waals surface area contributed by atoms with Crippen molar-refractivity contribution in [1.82, 2.24) is 10.2 Å². The molecule has 2 aromatic carbocycles. The number of nitrogens with one attached hydrogen (secondary N) is 2. The van der Waals surface area contributed by atoms with E-state index in [0.29, 0.717) is 23.7 Å². The van der Waals surface area contributed by atoms with Crippen molar-refractivity contribution in [3.05, 3.63) is 69.1 Å². The third-order valence-electron chi connectivity index (χ3n) is 5.47. The predicted octanol–water partition coefficient (Wildman–Crippen LogP) is 2.48. The number of aromatic amines is 1. The maximum Gasteiger partial charge on any atom is 0.431 e. The molecule has 1 unspecified atom stereocenters. The Balaban J connectivity index is 1.61. The summed E-state index contributed by atoms with van der Waals surface area (Å²) in [5.74, 6) is -0.0711. The Hall–Kier alpha value is -3.51. The number of amides is 2. The standard InChI is InChI=1S/C23H22BrN5O5S/c1-3-33-17-10-8-16(9-11-17)29-21(31)18(12-20(30)25-15-6-4-14(24)5-7-15)28(23(29)35)13-19-22(32)34-26-27(19)2/h4-11,18H,3,12-13H2,1-2H3,(H-,25,26,30,32)/p+1. The third kappa shape index (κ3) is 5.28. The van der Waals surface area contributed by atoms with E-state index in [9.17, 15) is 14.4 Å². The number of aromatic nitrogens is 2. The average Bonchev–Trinajstić information content (AvgIpc) is 3.27. The van der Waals surface area contributed by atoms with Crippen molar-refractivity contribution >= 4 is 56.4 Å². The summed E-state index contributed by atoms with van der Waals surface area (Å²) in [7, 11) is 1.61. The highest BCUT2D eigenvalue weighted by molar-refractivity contribution is 9.10. The van der Waals surface area contributed by atoms with E-state index in [-0.39, 0.29) is 35.6 Å². The molecule has 2 amide bonds. The van der Waals surface area contributed by atoms with E-state index in [1.54, 1.807) is 60.5 Å². The van der Waals surface area contributed by atoms with Crippen molar-refractivity contribution in [3.63, 3.8) is 0 Å². The average molecular weight is 561 g/mol. The monoisotopic (exact) mass is 560 g/mol. The van der Waals surface area contributed by atoms with Gasteiger partial charge in [0.1, 0.15) is 18.3 Å². The number of benzene rings is 2. The number of rotatable bonds is 8. The van der Waals surface area contributed by atoms with E-state index < -0.39 is 11.7 Å². The van der Waals surface area contributed by atoms with Crippen LogP contribution in [0.15, 0.2) is 62.3 Å². The maximum atomic E-state index is 13.5. The molecule has 0 aliphatic carbocycles. The molecule has 182 valence electrons. The minimum absolute atomic E-state index is 0.0172. The molecule has 10 nitrogen and oxygen atoms in total. The van der Waals surface area contributed by atoms with Gasteiger partial charge in [-0.2, -0.15) is 0 Å². The first-order valence-corrected chi connectivity index (χ1v) is 12.0. The smallest absolute Gasteiger partial charge is 0.431 e. The highest BCUT2D eigenvalue weighted by Crippen LogP contribution is 2.29. The third-order valence-corrected chi connectivity index (χ3v) is 6.41. The summed E-state index contributed by atoms with van der Waals surface area (Å²) in [6.07, 6.45) is -0.165. The lowest BCUT2D eigenvalue weighted by Crippen LogP contribution is -2.44. The number of aryl methyl sites for hydroxylation is 1. The van der Waals surface area contributed by atoms with Gasteiger partial charge in [0.2, 0.25) is 5.91 Å². The van der Waals surface area contributed by atoms with Gasteiger partial charge in [-0.15, -0.1) is 0 Å². The zero-order chi connectivity index (χ0) is 25.1. The number of anilines is 2. The van der Waals surface area contributed by atoms with Crippen LogP contribution in [0.25, 0.3) is 0 Å². The molecule has 3 aromatic rings. The number of carbonyl (C=O) groups is 2. The molecule has 0 saturated carbocycles. The number of halogens is 1. The molecule has 2 heterocycles. The molecule has 2 N–H and O–H groups in total. The van der Waals surface area contributed by atoms with Gasteiger partial charge in [-0.3, -0.25) is 19.0 Å². The SMILES string of the molecule is CCOc1ccc(N2C(=O)C(CC(=O)Nc3ccc(Br)cc3)N(Cc3c(=O)o[nH][n+]3C)C2=S)cc1. The van der Waals surface area contributed by atoms with Gasteiger partial charge in [0.25, 0.3) is 5.91 Å². The summed E-state index contributed by atoms with van der Waals surface area (Å²) in [6.45, 7) is 2.38. The van der Waals surface area contributed by atoms with E-state index in [0.717, 1.165) is 4.47 Å². The van der Waals surface area contributed by atoms with Gasteiger partial charge in [-0.25, -0.2) is 4.79 Å². The molecule has 0 radical (unpaired) electrons. The van der Waals surface area contributed by atoms with Crippen LogP contribution in [0.2, 0.25) is 0 Å². The van der Waals surface area contributed by atoms with Crippen LogP contribution in [0.1, 0.15) is 19.0 Å². The lowest BCUT2D eigenvalue weighted by atomic mass is 10.1. The summed E-state index contributed by atoms with van der Waals surface area (Å²) in [6, 6.07) is 13.1. The Morgan fingerprint density at radius 2 is 1.89 bits per heavy atom. The summed E-state index contributed by atoms with van der Waals surface area (Å²) in [5.41, 5.74) is 0.806. The fourth-order valence-electron chi connectivity index (χ4n) is 3.72. The first-order valence-electron chi connectivity index (χ1n) is 10.8. The predicted molar refractivity (Wildman–Crippen MR) is 135 cm³/mol. The molecule has 1 fully saturated rings. The first-order chi connectivity index (χ1) is 16.8. The summed E-state index contributed by atoms with van der Waals surface area (Å²) in [5, 5.41) is 5.44. The van der Waals surface area contributed by atoms with Crippen molar-refractivity contribution < 1.29 is 23.5 Å². The van der Waals surface area contributed by atoms with Gasteiger partial charge < -0.3 is 15.0 Å². The van der Waals surface area contributed by atoms with Crippen molar-refractivity contribution in [2.75, 3.05) is 16.8 Å². The second kappa shape index (κ2) is 10.4. The molecule has 0 bridgehead atoms. The minimum atomic E-state index is -0.918. The summed E-state index contributed by atoms with van der Waals surface area (Å²) < 4.78 is 12.6. The van der Waals surface area contributed by atoms with Crippen LogP contribution in [0.3, 0.4) is 0 Å². The molecule has 0 spiro atoms.